The third-order valence-corrected chi connectivity index (χ3v) is 0. The lowest BCUT2D eigenvalue weighted by molar-refractivity contribution is 0.454. The topological polar surface area (TPSA) is 0 Å². The summed E-state index contributed by atoms with van der Waals surface area (Å²) in [5.74, 6) is 0. The molecule has 0 bridgehead atoms. The molecule has 0 N–H and O–H groups in total. The fourth-order valence-electron chi connectivity index (χ4n) is 0. The van der Waals surface area contributed by atoms with Gasteiger partial charge in [0.2, 0.25) is 0 Å². The van der Waals surface area contributed by atoms with Crippen LogP contribution in [0.15, 0.2) is 0 Å². The van der Waals surface area contributed by atoms with Gasteiger partial charge < -0.3 is 0 Å². The summed E-state index contributed by atoms with van der Waals surface area (Å²) in [6, 6.07) is 0. The molecule has 0 amide bonds. The predicted octanol–water partition coefficient (Wildman–Crippen LogP) is 0.698. The maximum Gasteiger partial charge on any atom is 0.163 e. The van der Waals surface area contributed by atoms with Crippen LogP contribution in [0, 0.1) is 0 Å². The van der Waals surface area contributed by atoms with Crippen molar-refractivity contribution in [3.63, 3.8) is 0 Å². The van der Waals surface area contributed by atoms with Crippen molar-refractivity contribution in [3.05, 3.63) is 0 Å². The first-order valence-electron chi connectivity index (χ1n) is 1.38. The third kappa shape index (κ3) is 66.8. The minimum absolute atomic E-state index is 1.03. The van der Waals surface area contributed by atoms with Gasteiger partial charge in [0.15, 0.2) is 7.85 Å². The highest BCUT2D eigenvalue weighted by Crippen LogP contribution is 2.11. The van der Waals surface area contributed by atoms with E-state index >= 15 is 0 Å². The van der Waals surface area contributed by atoms with Crippen LogP contribution in [0.25, 0.3) is 0 Å². The summed E-state index contributed by atoms with van der Waals surface area (Å²) in [6.45, 7) is 1.51. The summed E-state index contributed by atoms with van der Waals surface area (Å²) in [5.41, 5.74) is 0. The lowest BCUT2D eigenvalue weighted by Gasteiger charge is -1.97. The Hall–Kier alpha value is 0.725. The SMILES string of the molecule is BC(C)(F)I. The average Bonchev–Trinajstić information content (AvgIpc) is 0.722. The zero-order chi connectivity index (χ0) is 4.50. The number of halogens is 2. The molecule has 0 radical (unpaired) electrons. The highest BCUT2D eigenvalue weighted by Gasteiger charge is 2.05. The van der Waals surface area contributed by atoms with E-state index < -0.39 is 3.57 Å². The first kappa shape index (κ1) is 5.72. The molecule has 0 heterocycles. The van der Waals surface area contributed by atoms with Crippen LogP contribution in [0.5, 0.6) is 0 Å². The van der Waals surface area contributed by atoms with E-state index in [1.54, 1.807) is 22.6 Å². The fraction of sp³-hybridized carbons (Fsp3) is 1.00. The van der Waals surface area contributed by atoms with Gasteiger partial charge in [-0.1, -0.05) is 22.6 Å². The van der Waals surface area contributed by atoms with Gasteiger partial charge in [0.05, 0.1) is 0 Å². The second kappa shape index (κ2) is 1.45. The van der Waals surface area contributed by atoms with Crippen molar-refractivity contribution in [3.8, 4) is 0 Å². The summed E-state index contributed by atoms with van der Waals surface area (Å²) in [5, 5.41) is 0. The van der Waals surface area contributed by atoms with Gasteiger partial charge in [-0.05, 0) is 6.92 Å². The van der Waals surface area contributed by atoms with E-state index in [1.807, 2.05) is 0 Å². The monoisotopic (exact) mass is 186 g/mol. The summed E-state index contributed by atoms with van der Waals surface area (Å²) < 4.78 is 10.6. The number of rotatable bonds is 0. The van der Waals surface area contributed by atoms with Crippen LogP contribution in [0.4, 0.5) is 4.39 Å². The Balaban J connectivity index is 3.02. The minimum atomic E-state index is -1.03. The second-order valence-corrected chi connectivity index (χ2v) is 3.89. The Morgan fingerprint density at radius 1 is 2.00 bits per heavy atom. The van der Waals surface area contributed by atoms with Crippen molar-refractivity contribution in [2.24, 2.45) is 0 Å². The molecule has 30 valence electrons. The van der Waals surface area contributed by atoms with Crippen molar-refractivity contribution in [2.75, 3.05) is 0 Å². The Labute approximate surface area is 45.7 Å². The molecule has 0 aromatic rings. The van der Waals surface area contributed by atoms with Crippen LogP contribution in [0.1, 0.15) is 6.92 Å². The van der Waals surface area contributed by atoms with Gasteiger partial charge in [-0.25, -0.2) is 4.39 Å². The Bertz CT molecular complexity index is 25.1. The Morgan fingerprint density at radius 3 is 2.00 bits per heavy atom. The Morgan fingerprint density at radius 2 is 2.00 bits per heavy atom. The molecule has 0 aliphatic rings. The van der Waals surface area contributed by atoms with E-state index in [1.165, 1.54) is 14.8 Å². The standard InChI is InChI=1S/C2H5BFI/c1-2(3,4)5/h3H2,1H3. The normalized spacial score (nSPS) is 21.4. The van der Waals surface area contributed by atoms with Gasteiger partial charge in [0.25, 0.3) is 0 Å². The lowest BCUT2D eigenvalue weighted by Crippen LogP contribution is -2.02. The molecule has 1 unspecified atom stereocenters. The van der Waals surface area contributed by atoms with Crippen LogP contribution in [0.3, 0.4) is 0 Å². The molecule has 0 fully saturated rings. The molecule has 5 heavy (non-hydrogen) atoms. The number of hydrogen-bond acceptors (Lipinski definition) is 0. The molecule has 1 atom stereocenters. The van der Waals surface area contributed by atoms with Gasteiger partial charge in [0.1, 0.15) is 3.57 Å². The van der Waals surface area contributed by atoms with Crippen molar-refractivity contribution in [1.82, 2.24) is 0 Å². The summed E-state index contributed by atoms with van der Waals surface area (Å²) in [7, 11) is 1.51. The van der Waals surface area contributed by atoms with E-state index in [0.717, 1.165) is 0 Å². The zero-order valence-electron chi connectivity index (χ0n) is 3.26. The van der Waals surface area contributed by atoms with E-state index in [9.17, 15) is 4.39 Å². The van der Waals surface area contributed by atoms with Crippen LogP contribution in [-0.2, 0) is 0 Å². The van der Waals surface area contributed by atoms with Crippen LogP contribution >= 0.6 is 22.6 Å². The minimum Gasteiger partial charge on any atom is -0.243 e. The molecule has 3 heteroatoms. The number of alkyl halides is 2. The van der Waals surface area contributed by atoms with Crippen molar-refractivity contribution in [1.29, 1.82) is 0 Å². The summed E-state index contributed by atoms with van der Waals surface area (Å²) in [4.78, 5) is 0. The zero-order valence-corrected chi connectivity index (χ0v) is 5.41. The summed E-state index contributed by atoms with van der Waals surface area (Å²) in [6.07, 6.45) is 0. The van der Waals surface area contributed by atoms with Gasteiger partial charge in [-0.3, -0.25) is 0 Å². The second-order valence-electron chi connectivity index (χ2n) is 1.33. The average molecular weight is 186 g/mol. The van der Waals surface area contributed by atoms with Crippen molar-refractivity contribution >= 4 is 30.4 Å². The van der Waals surface area contributed by atoms with Gasteiger partial charge in [-0.15, -0.1) is 0 Å². The smallest absolute Gasteiger partial charge is 0.163 e. The molecule has 0 rings (SSSR count). The molecular formula is C2H5BFI. The molecule has 0 aromatic carbocycles. The quantitative estimate of drug-likeness (QED) is 0.296. The molecular weight excluding hydrogens is 181 g/mol. The van der Waals surface area contributed by atoms with E-state index in [2.05, 4.69) is 0 Å². The molecule has 0 saturated heterocycles. The highest BCUT2D eigenvalue weighted by atomic mass is 127. The van der Waals surface area contributed by atoms with Gasteiger partial charge in [-0.2, -0.15) is 0 Å². The van der Waals surface area contributed by atoms with Crippen LogP contribution < -0.4 is 0 Å². The highest BCUT2D eigenvalue weighted by molar-refractivity contribution is 14.1. The molecule has 0 spiro atoms. The first-order chi connectivity index (χ1) is 2.00. The van der Waals surface area contributed by atoms with Crippen LogP contribution in [-0.4, -0.2) is 11.4 Å². The maximum absolute atomic E-state index is 11.7. The predicted molar refractivity (Wildman–Crippen MR) is 32.1 cm³/mol. The van der Waals surface area contributed by atoms with Crippen LogP contribution in [0.2, 0.25) is 0 Å². The molecule has 0 aromatic heterocycles. The van der Waals surface area contributed by atoms with Crippen molar-refractivity contribution < 1.29 is 4.39 Å². The molecule has 0 aliphatic carbocycles. The largest absolute Gasteiger partial charge is 0.243 e. The van der Waals surface area contributed by atoms with Gasteiger partial charge >= 0.3 is 0 Å². The first-order valence-corrected chi connectivity index (χ1v) is 2.46. The molecule has 0 aliphatic heterocycles. The van der Waals surface area contributed by atoms with E-state index in [4.69, 9.17) is 0 Å². The third-order valence-electron chi connectivity index (χ3n) is 0. The van der Waals surface area contributed by atoms with E-state index in [-0.39, 0.29) is 0 Å². The Kier molecular flexibility index (Phi) is 1.66. The lowest BCUT2D eigenvalue weighted by atomic mass is 10.1. The number of hydrogen-bond donors (Lipinski definition) is 0. The van der Waals surface area contributed by atoms with Gasteiger partial charge in [0, 0.05) is 0 Å². The van der Waals surface area contributed by atoms with Crippen molar-refractivity contribution in [2.45, 2.75) is 10.5 Å². The molecule has 0 saturated carbocycles. The maximum atomic E-state index is 11.7. The van der Waals surface area contributed by atoms with E-state index in [0.29, 0.717) is 0 Å². The molecule has 0 nitrogen and oxygen atoms in total. The summed E-state index contributed by atoms with van der Waals surface area (Å²) >= 11 is 1.71. The fourth-order valence-corrected chi connectivity index (χ4v) is 0.